The third-order valence-corrected chi connectivity index (χ3v) is 4.92. The van der Waals surface area contributed by atoms with Gasteiger partial charge in [-0.15, -0.1) is 11.3 Å². The van der Waals surface area contributed by atoms with Gasteiger partial charge in [-0.3, -0.25) is 0 Å². The van der Waals surface area contributed by atoms with Crippen molar-refractivity contribution in [1.29, 1.82) is 5.26 Å². The average molecular weight is 386 g/mol. The zero-order valence-corrected chi connectivity index (χ0v) is 15.6. The lowest BCUT2D eigenvalue weighted by Crippen LogP contribution is -1.91. The number of thiazole rings is 1. The van der Waals surface area contributed by atoms with Gasteiger partial charge in [0.05, 0.1) is 10.7 Å². The van der Waals surface area contributed by atoms with E-state index in [0.717, 1.165) is 16.9 Å². The Hall–Kier alpha value is -2.32. The summed E-state index contributed by atoms with van der Waals surface area (Å²) in [6.45, 7) is 2.03. The summed E-state index contributed by atoms with van der Waals surface area (Å²) in [6, 6.07) is 15.4. The Balaban J connectivity index is 1.85. The third-order valence-electron chi connectivity index (χ3n) is 3.50. The van der Waals surface area contributed by atoms with E-state index in [9.17, 15) is 5.26 Å². The van der Waals surface area contributed by atoms with Gasteiger partial charge in [-0.1, -0.05) is 40.9 Å². The highest BCUT2D eigenvalue weighted by atomic mass is 35.5. The van der Waals surface area contributed by atoms with E-state index >= 15 is 0 Å². The normalized spacial score (nSPS) is 11.2. The van der Waals surface area contributed by atoms with Crippen LogP contribution in [0.1, 0.15) is 10.6 Å². The number of aromatic nitrogens is 1. The van der Waals surface area contributed by atoms with Gasteiger partial charge >= 0.3 is 0 Å². The fraction of sp³-hybridized carbons (Fsp3) is 0.0526. The van der Waals surface area contributed by atoms with Crippen LogP contribution in [0.5, 0.6) is 0 Å². The molecule has 0 saturated carbocycles. The molecule has 2 aromatic carbocycles. The first-order valence-corrected chi connectivity index (χ1v) is 9.05. The first-order chi connectivity index (χ1) is 12.1. The van der Waals surface area contributed by atoms with Crippen LogP contribution >= 0.6 is 34.5 Å². The van der Waals surface area contributed by atoms with E-state index in [0.29, 0.717) is 20.6 Å². The predicted octanol–water partition coefficient (Wildman–Crippen LogP) is 6.40. The highest BCUT2D eigenvalue weighted by molar-refractivity contribution is 7.11. The van der Waals surface area contributed by atoms with Gasteiger partial charge < -0.3 is 5.32 Å². The van der Waals surface area contributed by atoms with Gasteiger partial charge in [-0.25, -0.2) is 4.98 Å². The zero-order chi connectivity index (χ0) is 17.8. The molecule has 3 nitrogen and oxygen atoms in total. The predicted molar refractivity (Wildman–Crippen MR) is 106 cm³/mol. The second-order valence-electron chi connectivity index (χ2n) is 5.34. The van der Waals surface area contributed by atoms with Crippen LogP contribution in [0, 0.1) is 18.3 Å². The number of nitriles is 1. The van der Waals surface area contributed by atoms with Crippen LogP contribution < -0.4 is 5.32 Å². The van der Waals surface area contributed by atoms with E-state index in [1.807, 2.05) is 42.6 Å². The molecule has 3 aromatic rings. The Morgan fingerprint density at radius 3 is 2.64 bits per heavy atom. The summed E-state index contributed by atoms with van der Waals surface area (Å²) in [7, 11) is 0. The average Bonchev–Trinajstić information content (AvgIpc) is 3.06. The van der Waals surface area contributed by atoms with Crippen LogP contribution in [0.2, 0.25) is 10.0 Å². The van der Waals surface area contributed by atoms with Crippen molar-refractivity contribution in [3.05, 3.63) is 74.7 Å². The summed E-state index contributed by atoms with van der Waals surface area (Å²) in [5, 5.41) is 16.2. The largest absolute Gasteiger partial charge is 0.360 e. The molecule has 25 heavy (non-hydrogen) atoms. The Morgan fingerprint density at radius 1 is 1.20 bits per heavy atom. The summed E-state index contributed by atoms with van der Waals surface area (Å²) in [5.41, 5.74) is 4.06. The first-order valence-electron chi connectivity index (χ1n) is 7.41. The van der Waals surface area contributed by atoms with Gasteiger partial charge in [0, 0.05) is 27.9 Å². The standard InChI is InChI=1S/C19H13Cl2N3S/c1-12-2-5-15(6-3-12)23-10-13(9-22)19-24-18(11-25-19)16-7-4-14(20)8-17(16)21/h2-8,10-11,23H,1H3. The molecule has 0 atom stereocenters. The van der Waals surface area contributed by atoms with E-state index < -0.39 is 0 Å². The Kier molecular flexibility index (Phi) is 5.40. The molecule has 0 spiro atoms. The SMILES string of the molecule is Cc1ccc(NC=C(C#N)c2nc(-c3ccc(Cl)cc3Cl)cs2)cc1. The van der Waals surface area contributed by atoms with Crippen LogP contribution in [0.15, 0.2) is 54.0 Å². The number of aryl methyl sites for hydroxylation is 1. The molecule has 124 valence electrons. The van der Waals surface area contributed by atoms with Gasteiger partial charge in [0.25, 0.3) is 0 Å². The Bertz CT molecular complexity index is 969. The zero-order valence-electron chi connectivity index (χ0n) is 13.3. The highest BCUT2D eigenvalue weighted by Gasteiger charge is 2.11. The van der Waals surface area contributed by atoms with Crippen molar-refractivity contribution in [3.8, 4) is 17.3 Å². The van der Waals surface area contributed by atoms with Gasteiger partial charge in [0.15, 0.2) is 0 Å². The van der Waals surface area contributed by atoms with Crippen molar-refractivity contribution in [2.24, 2.45) is 0 Å². The number of benzene rings is 2. The number of nitrogens with one attached hydrogen (secondary N) is 1. The maximum Gasteiger partial charge on any atom is 0.136 e. The smallest absolute Gasteiger partial charge is 0.136 e. The van der Waals surface area contributed by atoms with Crippen molar-refractivity contribution in [2.75, 3.05) is 5.32 Å². The van der Waals surface area contributed by atoms with Gasteiger partial charge in [-0.05, 0) is 37.3 Å². The van der Waals surface area contributed by atoms with Crippen molar-refractivity contribution in [1.82, 2.24) is 4.98 Å². The van der Waals surface area contributed by atoms with Crippen LogP contribution in [-0.2, 0) is 0 Å². The molecular weight excluding hydrogens is 373 g/mol. The Morgan fingerprint density at radius 2 is 1.96 bits per heavy atom. The molecule has 0 aliphatic carbocycles. The minimum atomic E-state index is 0.460. The minimum absolute atomic E-state index is 0.460. The molecule has 1 N–H and O–H groups in total. The van der Waals surface area contributed by atoms with E-state index in [1.54, 1.807) is 18.3 Å². The molecular formula is C19H13Cl2N3S. The van der Waals surface area contributed by atoms with Crippen LogP contribution in [0.4, 0.5) is 5.69 Å². The lowest BCUT2D eigenvalue weighted by atomic mass is 10.2. The van der Waals surface area contributed by atoms with Crippen LogP contribution in [0.3, 0.4) is 0 Å². The van der Waals surface area contributed by atoms with Crippen molar-refractivity contribution in [2.45, 2.75) is 6.92 Å². The molecule has 1 aromatic heterocycles. The van der Waals surface area contributed by atoms with E-state index in [-0.39, 0.29) is 0 Å². The molecule has 0 saturated heterocycles. The summed E-state index contributed by atoms with van der Waals surface area (Å²) < 4.78 is 0. The third kappa shape index (κ3) is 4.21. The molecule has 0 radical (unpaired) electrons. The second kappa shape index (κ2) is 7.71. The van der Waals surface area contributed by atoms with Gasteiger partial charge in [-0.2, -0.15) is 5.26 Å². The number of hydrogen-bond donors (Lipinski definition) is 1. The maximum atomic E-state index is 9.44. The molecule has 0 aliphatic rings. The van der Waals surface area contributed by atoms with E-state index in [4.69, 9.17) is 23.2 Å². The molecule has 0 unspecified atom stereocenters. The summed E-state index contributed by atoms with van der Waals surface area (Å²) >= 11 is 13.6. The summed E-state index contributed by atoms with van der Waals surface area (Å²) in [5.74, 6) is 0. The fourth-order valence-corrected chi connectivity index (χ4v) is 3.46. The fourth-order valence-electron chi connectivity index (χ4n) is 2.17. The topological polar surface area (TPSA) is 48.7 Å². The molecule has 0 fully saturated rings. The summed E-state index contributed by atoms with van der Waals surface area (Å²) in [4.78, 5) is 4.53. The molecule has 3 rings (SSSR count). The lowest BCUT2D eigenvalue weighted by Gasteiger charge is -2.02. The lowest BCUT2D eigenvalue weighted by molar-refractivity contribution is 1.36. The molecule has 6 heteroatoms. The van der Waals surface area contributed by atoms with Gasteiger partial charge in [0.1, 0.15) is 16.6 Å². The quantitative estimate of drug-likeness (QED) is 0.528. The van der Waals surface area contributed by atoms with E-state index in [2.05, 4.69) is 16.4 Å². The highest BCUT2D eigenvalue weighted by Crippen LogP contribution is 2.32. The van der Waals surface area contributed by atoms with E-state index in [1.165, 1.54) is 16.9 Å². The monoisotopic (exact) mass is 385 g/mol. The first kappa shape index (κ1) is 17.5. The molecule has 0 bridgehead atoms. The number of nitrogens with zero attached hydrogens (tertiary/aromatic N) is 2. The van der Waals surface area contributed by atoms with Crippen molar-refractivity contribution >= 4 is 45.8 Å². The molecule has 0 amide bonds. The van der Waals surface area contributed by atoms with Crippen LogP contribution in [0.25, 0.3) is 16.8 Å². The summed E-state index contributed by atoms with van der Waals surface area (Å²) in [6.07, 6.45) is 1.66. The number of hydrogen-bond acceptors (Lipinski definition) is 4. The number of allylic oxidation sites excluding steroid dienone is 1. The van der Waals surface area contributed by atoms with Gasteiger partial charge in [0.2, 0.25) is 0 Å². The Labute approximate surface area is 160 Å². The van der Waals surface area contributed by atoms with Crippen molar-refractivity contribution < 1.29 is 0 Å². The maximum absolute atomic E-state index is 9.44. The second-order valence-corrected chi connectivity index (χ2v) is 7.04. The molecule has 1 heterocycles. The van der Waals surface area contributed by atoms with Crippen LogP contribution in [-0.4, -0.2) is 4.98 Å². The molecule has 0 aliphatic heterocycles. The number of rotatable bonds is 4. The van der Waals surface area contributed by atoms with Crippen molar-refractivity contribution in [3.63, 3.8) is 0 Å². The number of halogens is 2. The number of anilines is 1. The minimum Gasteiger partial charge on any atom is -0.360 e.